The Morgan fingerprint density at radius 1 is 1.47 bits per heavy atom. The van der Waals surface area contributed by atoms with E-state index in [0.717, 1.165) is 11.3 Å². The van der Waals surface area contributed by atoms with E-state index in [0.29, 0.717) is 27.1 Å². The fourth-order valence-electron chi connectivity index (χ4n) is 1.83. The van der Waals surface area contributed by atoms with Gasteiger partial charge in [0.05, 0.1) is 16.0 Å². The molecule has 104 valence electrons. The van der Waals surface area contributed by atoms with Gasteiger partial charge in [-0.05, 0) is 18.9 Å². The molecule has 1 saturated heterocycles. The van der Waals surface area contributed by atoms with Gasteiger partial charge in [0.25, 0.3) is 5.91 Å². The molecule has 0 aliphatic carbocycles. The summed E-state index contributed by atoms with van der Waals surface area (Å²) in [6, 6.07) is 1.50. The number of amides is 1. The lowest BCUT2D eigenvalue weighted by Gasteiger charge is -2.12. The van der Waals surface area contributed by atoms with Crippen LogP contribution in [-0.2, 0) is 9.53 Å². The van der Waals surface area contributed by atoms with Gasteiger partial charge in [0.15, 0.2) is 6.10 Å². The average Bonchev–Trinajstić information content (AvgIpc) is 2.93. The molecule has 1 aromatic rings. The standard InChI is InChI=1S/C11H11Cl2NO4S/c12-8-3-6(9(13)19-8)10(15)14-4-5-1-2-7(18-5)11(16)17/h3,5,7H,1-2,4H2,(H,14,15)(H,16,17). The van der Waals surface area contributed by atoms with E-state index in [9.17, 15) is 9.59 Å². The third-order valence-corrected chi connectivity index (χ3v) is 4.26. The molecule has 1 aromatic heterocycles. The van der Waals surface area contributed by atoms with Crippen molar-refractivity contribution in [2.24, 2.45) is 0 Å². The van der Waals surface area contributed by atoms with E-state index in [2.05, 4.69) is 5.32 Å². The second kappa shape index (κ2) is 6.09. The zero-order valence-electron chi connectivity index (χ0n) is 9.69. The molecule has 0 saturated carbocycles. The van der Waals surface area contributed by atoms with Crippen LogP contribution in [0.4, 0.5) is 0 Å². The highest BCUT2D eigenvalue weighted by Crippen LogP contribution is 2.31. The lowest BCUT2D eigenvalue weighted by Crippen LogP contribution is -2.33. The minimum Gasteiger partial charge on any atom is -0.479 e. The van der Waals surface area contributed by atoms with Gasteiger partial charge in [0.2, 0.25) is 0 Å². The van der Waals surface area contributed by atoms with Crippen LogP contribution >= 0.6 is 34.5 Å². The average molecular weight is 324 g/mol. The van der Waals surface area contributed by atoms with Crippen molar-refractivity contribution < 1.29 is 19.4 Å². The van der Waals surface area contributed by atoms with Gasteiger partial charge < -0.3 is 15.2 Å². The molecule has 5 nitrogen and oxygen atoms in total. The number of carbonyl (C=O) groups is 2. The maximum Gasteiger partial charge on any atom is 0.332 e. The molecule has 0 spiro atoms. The van der Waals surface area contributed by atoms with Crippen molar-refractivity contribution in [2.45, 2.75) is 25.0 Å². The highest BCUT2D eigenvalue weighted by atomic mass is 35.5. The van der Waals surface area contributed by atoms with Gasteiger partial charge in [-0.2, -0.15) is 0 Å². The van der Waals surface area contributed by atoms with Gasteiger partial charge in [-0.1, -0.05) is 23.2 Å². The number of aliphatic carboxylic acids is 1. The highest BCUT2D eigenvalue weighted by Gasteiger charge is 2.30. The quantitative estimate of drug-likeness (QED) is 0.892. The van der Waals surface area contributed by atoms with E-state index in [1.807, 2.05) is 0 Å². The van der Waals surface area contributed by atoms with Gasteiger partial charge in [-0.3, -0.25) is 4.79 Å². The number of halogens is 2. The first kappa shape index (κ1) is 14.6. The molecule has 0 bridgehead atoms. The second-order valence-electron chi connectivity index (χ2n) is 4.11. The molecule has 1 aliphatic heterocycles. The van der Waals surface area contributed by atoms with Crippen molar-refractivity contribution in [1.82, 2.24) is 5.32 Å². The molecule has 0 radical (unpaired) electrons. The second-order valence-corrected chi connectivity index (χ2v) is 6.40. The Morgan fingerprint density at radius 3 is 2.74 bits per heavy atom. The zero-order chi connectivity index (χ0) is 14.0. The van der Waals surface area contributed by atoms with Crippen molar-refractivity contribution >= 4 is 46.4 Å². The minimum atomic E-state index is -0.971. The number of thiophene rings is 1. The Balaban J connectivity index is 1.85. The monoisotopic (exact) mass is 323 g/mol. The molecular formula is C11H11Cl2NO4S. The van der Waals surface area contributed by atoms with Crippen molar-refractivity contribution in [3.63, 3.8) is 0 Å². The molecule has 2 rings (SSSR count). The SMILES string of the molecule is O=C(NCC1CCC(C(=O)O)O1)c1cc(Cl)sc1Cl. The molecule has 0 aromatic carbocycles. The first-order valence-electron chi connectivity index (χ1n) is 5.58. The van der Waals surface area contributed by atoms with Crippen molar-refractivity contribution in [3.8, 4) is 0 Å². The number of hydrogen-bond donors (Lipinski definition) is 2. The molecule has 1 fully saturated rings. The molecule has 8 heteroatoms. The van der Waals surface area contributed by atoms with Crippen LogP contribution in [0.1, 0.15) is 23.2 Å². The van der Waals surface area contributed by atoms with Crippen molar-refractivity contribution in [2.75, 3.05) is 6.54 Å². The van der Waals surface area contributed by atoms with Crippen LogP contribution in [-0.4, -0.2) is 35.7 Å². The van der Waals surface area contributed by atoms with E-state index in [1.165, 1.54) is 6.07 Å². The fourth-order valence-corrected chi connectivity index (χ4v) is 3.29. The van der Waals surface area contributed by atoms with E-state index in [1.54, 1.807) is 0 Å². The van der Waals surface area contributed by atoms with E-state index in [-0.39, 0.29) is 18.6 Å². The Bertz CT molecular complexity index is 505. The predicted molar refractivity (Wildman–Crippen MR) is 72.2 cm³/mol. The number of hydrogen-bond acceptors (Lipinski definition) is 4. The van der Waals surface area contributed by atoms with Crippen molar-refractivity contribution in [1.29, 1.82) is 0 Å². The zero-order valence-corrected chi connectivity index (χ0v) is 12.0. The van der Waals surface area contributed by atoms with Crippen LogP contribution in [0.25, 0.3) is 0 Å². The van der Waals surface area contributed by atoms with Crippen LogP contribution in [0.15, 0.2) is 6.07 Å². The molecule has 2 N–H and O–H groups in total. The summed E-state index contributed by atoms with van der Waals surface area (Å²) >= 11 is 12.7. The van der Waals surface area contributed by atoms with Crippen LogP contribution < -0.4 is 5.32 Å². The summed E-state index contributed by atoms with van der Waals surface area (Å²) < 4.78 is 6.05. The summed E-state index contributed by atoms with van der Waals surface area (Å²) in [5.41, 5.74) is 0.324. The molecule has 2 heterocycles. The van der Waals surface area contributed by atoms with E-state index in [4.69, 9.17) is 33.0 Å². The normalized spacial score (nSPS) is 22.4. The molecular weight excluding hydrogens is 313 g/mol. The van der Waals surface area contributed by atoms with Crippen molar-refractivity contribution in [3.05, 3.63) is 20.3 Å². The van der Waals surface area contributed by atoms with Crippen LogP contribution in [0.3, 0.4) is 0 Å². The third-order valence-electron chi connectivity index (χ3n) is 2.77. The first-order valence-corrected chi connectivity index (χ1v) is 7.16. The summed E-state index contributed by atoms with van der Waals surface area (Å²) in [6.45, 7) is 0.256. The number of carboxylic acids is 1. The van der Waals surface area contributed by atoms with Crippen LogP contribution in [0.5, 0.6) is 0 Å². The summed E-state index contributed by atoms with van der Waals surface area (Å²) in [7, 11) is 0. The number of ether oxygens (including phenoxy) is 1. The Morgan fingerprint density at radius 2 is 2.21 bits per heavy atom. The third kappa shape index (κ3) is 3.60. The van der Waals surface area contributed by atoms with Gasteiger partial charge in [0.1, 0.15) is 4.34 Å². The van der Waals surface area contributed by atoms with Gasteiger partial charge in [0, 0.05) is 6.54 Å². The number of carbonyl (C=O) groups excluding carboxylic acids is 1. The molecule has 2 atom stereocenters. The summed E-state index contributed by atoms with van der Waals surface area (Å²) in [6.07, 6.45) is 0.00928. The summed E-state index contributed by atoms with van der Waals surface area (Å²) in [5.74, 6) is -1.31. The van der Waals surface area contributed by atoms with E-state index >= 15 is 0 Å². The van der Waals surface area contributed by atoms with Gasteiger partial charge in [-0.15, -0.1) is 11.3 Å². The lowest BCUT2D eigenvalue weighted by atomic mass is 10.2. The Hall–Kier alpha value is -0.820. The molecule has 1 aliphatic rings. The van der Waals surface area contributed by atoms with E-state index < -0.39 is 12.1 Å². The smallest absolute Gasteiger partial charge is 0.332 e. The fraction of sp³-hybridized carbons (Fsp3) is 0.455. The lowest BCUT2D eigenvalue weighted by molar-refractivity contribution is -0.149. The Labute approximate surface area is 123 Å². The topological polar surface area (TPSA) is 75.6 Å². The van der Waals surface area contributed by atoms with Gasteiger partial charge in [-0.25, -0.2) is 4.79 Å². The Kier molecular flexibility index (Phi) is 4.67. The maximum absolute atomic E-state index is 11.8. The maximum atomic E-state index is 11.8. The number of nitrogens with one attached hydrogen (secondary N) is 1. The number of carboxylic acid groups (broad SMARTS) is 1. The summed E-state index contributed by atoms with van der Waals surface area (Å²) in [5, 5.41) is 11.4. The van der Waals surface area contributed by atoms with Gasteiger partial charge >= 0.3 is 5.97 Å². The van der Waals surface area contributed by atoms with Crippen LogP contribution in [0.2, 0.25) is 8.67 Å². The minimum absolute atomic E-state index is 0.256. The molecule has 2 unspecified atom stereocenters. The van der Waals surface area contributed by atoms with Crippen LogP contribution in [0, 0.1) is 0 Å². The largest absolute Gasteiger partial charge is 0.479 e. The number of rotatable bonds is 4. The summed E-state index contributed by atoms with van der Waals surface area (Å²) in [4.78, 5) is 22.5. The predicted octanol–water partition coefficient (Wildman–Crippen LogP) is 2.42. The highest BCUT2D eigenvalue weighted by molar-refractivity contribution is 7.20. The molecule has 1 amide bonds. The molecule has 19 heavy (non-hydrogen) atoms. The first-order chi connectivity index (χ1) is 8.97.